The molecule has 0 saturated carbocycles. The van der Waals surface area contributed by atoms with Crippen LogP contribution in [0.25, 0.3) is 66.1 Å². The smallest absolute Gasteiger partial charge is 0.193 e. The maximum Gasteiger partial charge on any atom is 0.193 e. The SMILES string of the molecule is CC1(C)c2ccccc2C(=O)c2cc(-c3ccc4c(c3)-c3ccc(N(c5cccc6c5oc5ccccc56)c5cccc6c5oc5ccccc56)cc3C4(C)C)ccc21. The summed E-state index contributed by atoms with van der Waals surface area (Å²) in [6.07, 6.45) is 0. The molecule has 2 heterocycles. The Labute approximate surface area is 341 Å². The van der Waals surface area contributed by atoms with Crippen LogP contribution in [0.4, 0.5) is 17.1 Å². The molecule has 0 unspecified atom stereocenters. The van der Waals surface area contributed by atoms with Crippen LogP contribution in [-0.4, -0.2) is 5.78 Å². The number of nitrogens with zero attached hydrogens (tertiary/aromatic N) is 1. The van der Waals surface area contributed by atoms with E-state index in [4.69, 9.17) is 8.83 Å². The Kier molecular flexibility index (Phi) is 6.86. The largest absolute Gasteiger partial charge is 0.454 e. The highest BCUT2D eigenvalue weighted by Crippen LogP contribution is 2.53. The van der Waals surface area contributed by atoms with Gasteiger partial charge >= 0.3 is 0 Å². The molecule has 282 valence electrons. The van der Waals surface area contributed by atoms with Crippen molar-refractivity contribution in [3.63, 3.8) is 0 Å². The van der Waals surface area contributed by atoms with E-state index in [1.54, 1.807) is 0 Å². The van der Waals surface area contributed by atoms with Crippen molar-refractivity contribution in [3.05, 3.63) is 197 Å². The van der Waals surface area contributed by atoms with Crippen molar-refractivity contribution in [2.45, 2.75) is 38.5 Å². The van der Waals surface area contributed by atoms with Gasteiger partial charge in [0.1, 0.15) is 11.2 Å². The quantitative estimate of drug-likeness (QED) is 0.179. The average Bonchev–Trinajstić information content (AvgIpc) is 3.91. The van der Waals surface area contributed by atoms with E-state index in [9.17, 15) is 4.79 Å². The fourth-order valence-corrected chi connectivity index (χ4v) is 10.3. The van der Waals surface area contributed by atoms with Gasteiger partial charge in [-0.05, 0) is 93.0 Å². The molecule has 2 aliphatic carbocycles. The van der Waals surface area contributed by atoms with Gasteiger partial charge in [0, 0.05) is 49.2 Å². The Morgan fingerprint density at radius 2 is 0.915 bits per heavy atom. The molecule has 2 aromatic heterocycles. The number of anilines is 3. The van der Waals surface area contributed by atoms with Gasteiger partial charge in [0.05, 0.1) is 11.4 Å². The topological polar surface area (TPSA) is 46.6 Å². The summed E-state index contributed by atoms with van der Waals surface area (Å²) >= 11 is 0. The lowest BCUT2D eigenvalue weighted by Crippen LogP contribution is -2.30. The van der Waals surface area contributed by atoms with E-state index in [2.05, 4.69) is 154 Å². The molecule has 12 rings (SSSR count). The van der Waals surface area contributed by atoms with Gasteiger partial charge in [-0.25, -0.2) is 0 Å². The van der Waals surface area contributed by atoms with Crippen LogP contribution in [-0.2, 0) is 10.8 Å². The molecular weight excluding hydrogens is 723 g/mol. The van der Waals surface area contributed by atoms with Crippen molar-refractivity contribution >= 4 is 66.7 Å². The average molecular weight is 762 g/mol. The summed E-state index contributed by atoms with van der Waals surface area (Å²) < 4.78 is 13.4. The first-order chi connectivity index (χ1) is 28.7. The van der Waals surface area contributed by atoms with Crippen LogP contribution in [0.2, 0.25) is 0 Å². The van der Waals surface area contributed by atoms with Gasteiger partial charge in [0.25, 0.3) is 0 Å². The van der Waals surface area contributed by atoms with E-state index in [-0.39, 0.29) is 16.6 Å². The fraction of sp³-hybridized carbons (Fsp3) is 0.109. The minimum Gasteiger partial charge on any atom is -0.454 e. The molecule has 0 saturated heterocycles. The van der Waals surface area contributed by atoms with Crippen molar-refractivity contribution in [2.24, 2.45) is 0 Å². The number of hydrogen-bond acceptors (Lipinski definition) is 4. The number of carbonyl (C=O) groups excluding carboxylic acids is 1. The third-order valence-electron chi connectivity index (χ3n) is 13.3. The molecule has 0 fully saturated rings. The number of para-hydroxylation sites is 4. The van der Waals surface area contributed by atoms with Gasteiger partial charge in [-0.2, -0.15) is 0 Å². The Morgan fingerprint density at radius 1 is 0.407 bits per heavy atom. The molecule has 0 spiro atoms. The molecular formula is C55H39NO3. The van der Waals surface area contributed by atoms with E-state index in [1.807, 2.05) is 42.5 Å². The number of furan rings is 2. The number of carbonyl (C=O) groups is 1. The van der Waals surface area contributed by atoms with E-state index < -0.39 is 0 Å². The summed E-state index contributed by atoms with van der Waals surface area (Å²) in [7, 11) is 0. The molecule has 0 radical (unpaired) electrons. The van der Waals surface area contributed by atoms with Crippen molar-refractivity contribution in [3.8, 4) is 22.3 Å². The summed E-state index contributed by atoms with van der Waals surface area (Å²) in [4.78, 5) is 16.2. The monoisotopic (exact) mass is 761 g/mol. The minimum absolute atomic E-state index is 0.0955. The van der Waals surface area contributed by atoms with Crippen molar-refractivity contribution in [1.29, 1.82) is 0 Å². The second-order valence-corrected chi connectivity index (χ2v) is 17.2. The van der Waals surface area contributed by atoms with Gasteiger partial charge in [-0.1, -0.05) is 143 Å². The third kappa shape index (κ3) is 4.69. The van der Waals surface area contributed by atoms with Gasteiger partial charge in [-0.15, -0.1) is 0 Å². The van der Waals surface area contributed by atoms with Crippen LogP contribution < -0.4 is 4.90 Å². The molecule has 4 nitrogen and oxygen atoms in total. The highest BCUT2D eigenvalue weighted by molar-refractivity contribution is 6.15. The Bertz CT molecular complexity index is 3320. The Balaban J connectivity index is 1.02. The Morgan fingerprint density at radius 3 is 1.56 bits per heavy atom. The van der Waals surface area contributed by atoms with Crippen molar-refractivity contribution in [1.82, 2.24) is 0 Å². The lowest BCUT2D eigenvalue weighted by atomic mass is 9.68. The maximum atomic E-state index is 13.9. The zero-order chi connectivity index (χ0) is 39.8. The zero-order valence-electron chi connectivity index (χ0n) is 33.3. The highest BCUT2D eigenvalue weighted by Gasteiger charge is 2.38. The van der Waals surface area contributed by atoms with Crippen molar-refractivity contribution < 1.29 is 13.6 Å². The maximum absolute atomic E-state index is 13.9. The van der Waals surface area contributed by atoms with Gasteiger partial charge in [0.15, 0.2) is 16.9 Å². The second-order valence-electron chi connectivity index (χ2n) is 17.2. The molecule has 4 heteroatoms. The zero-order valence-corrected chi connectivity index (χ0v) is 33.3. The lowest BCUT2D eigenvalue weighted by Gasteiger charge is -2.34. The molecule has 59 heavy (non-hydrogen) atoms. The molecule has 0 bridgehead atoms. The fourth-order valence-electron chi connectivity index (χ4n) is 10.3. The number of benzene rings is 8. The first-order valence-corrected chi connectivity index (χ1v) is 20.4. The van der Waals surface area contributed by atoms with Gasteiger partial charge < -0.3 is 13.7 Å². The number of rotatable bonds is 4. The number of hydrogen-bond donors (Lipinski definition) is 0. The number of ketones is 1. The van der Waals surface area contributed by atoms with Gasteiger partial charge in [0.2, 0.25) is 0 Å². The molecule has 0 aliphatic heterocycles. The second kappa shape index (κ2) is 11.9. The first kappa shape index (κ1) is 33.9. The molecule has 0 N–H and O–H groups in total. The summed E-state index contributed by atoms with van der Waals surface area (Å²) in [6.45, 7) is 9.08. The summed E-state index contributed by atoms with van der Waals surface area (Å²) in [5, 5.41) is 4.31. The van der Waals surface area contributed by atoms with E-state index in [0.29, 0.717) is 0 Å². The third-order valence-corrected chi connectivity index (χ3v) is 13.3. The highest BCUT2D eigenvalue weighted by atomic mass is 16.3. The minimum atomic E-state index is -0.277. The lowest BCUT2D eigenvalue weighted by molar-refractivity contribution is 0.103. The molecule has 0 amide bonds. The van der Waals surface area contributed by atoms with Crippen LogP contribution in [0.15, 0.2) is 173 Å². The van der Waals surface area contributed by atoms with Crippen LogP contribution in [0.3, 0.4) is 0 Å². The predicted molar refractivity (Wildman–Crippen MR) is 241 cm³/mol. The number of fused-ring (bicyclic) bond motifs is 11. The van der Waals surface area contributed by atoms with Crippen LogP contribution in [0, 0.1) is 0 Å². The summed E-state index contributed by atoms with van der Waals surface area (Å²) in [6, 6.07) is 57.5. The molecule has 8 aromatic carbocycles. The first-order valence-electron chi connectivity index (χ1n) is 20.4. The molecule has 2 aliphatic rings. The van der Waals surface area contributed by atoms with E-state index in [1.165, 1.54) is 22.3 Å². The standard InChI is InChI=1S/C55H39NO3/c1-54(2)43-18-8-5-15-40(43)51(57)42-30-33(24-28-45(42)54)32-23-27-44-41(29-32)35-26-25-34(31-46(35)55(44,3)4)56(47-19-11-16-38-36-13-6-9-21-49(36)58-52(38)47)48-20-12-17-39-37-14-7-10-22-50(37)59-53(39)48/h5-31H,1-4H3. The van der Waals surface area contributed by atoms with Crippen LogP contribution >= 0.6 is 0 Å². The predicted octanol–water partition coefficient (Wildman–Crippen LogP) is 14.8. The van der Waals surface area contributed by atoms with Crippen molar-refractivity contribution in [2.75, 3.05) is 4.90 Å². The molecule has 10 aromatic rings. The van der Waals surface area contributed by atoms with E-state index in [0.717, 1.165) is 94.3 Å². The van der Waals surface area contributed by atoms with Crippen LogP contribution in [0.1, 0.15) is 65.9 Å². The normalized spacial score (nSPS) is 14.7. The van der Waals surface area contributed by atoms with E-state index >= 15 is 0 Å². The summed E-state index contributed by atoms with van der Waals surface area (Å²) in [5.74, 6) is 0.0955. The van der Waals surface area contributed by atoms with Crippen LogP contribution in [0.5, 0.6) is 0 Å². The Hall–Kier alpha value is -7.17. The van der Waals surface area contributed by atoms with Gasteiger partial charge in [-0.3, -0.25) is 4.79 Å². The summed E-state index contributed by atoms with van der Waals surface area (Å²) in [5.41, 5.74) is 16.6. The molecule has 0 atom stereocenters.